The van der Waals surface area contributed by atoms with Gasteiger partial charge in [0.15, 0.2) is 0 Å². The minimum atomic E-state index is 0.902. The number of rotatable bonds is 3. The third kappa shape index (κ3) is 3.95. The van der Waals surface area contributed by atoms with Crippen LogP contribution in [0.1, 0.15) is 0 Å². The number of hydrogen-bond donors (Lipinski definition) is 0. The first-order valence-corrected chi connectivity index (χ1v) is 16.0. The Balaban J connectivity index is 1.43. The van der Waals surface area contributed by atoms with E-state index in [2.05, 4.69) is 157 Å². The molecule has 47 heavy (non-hydrogen) atoms. The lowest BCUT2D eigenvalue weighted by atomic mass is 9.83. The molecule has 0 bridgehead atoms. The zero-order valence-electron chi connectivity index (χ0n) is 25.4. The average molecular weight is 598 g/mol. The summed E-state index contributed by atoms with van der Waals surface area (Å²) in [5.74, 6) is 0. The Hall–Kier alpha value is -6.25. The van der Waals surface area contributed by atoms with Crippen LogP contribution >= 0.6 is 0 Å². The number of pyridine rings is 1. The first kappa shape index (κ1) is 26.0. The number of nitrogens with zero attached hydrogens (tertiary/aromatic N) is 1. The van der Waals surface area contributed by atoms with E-state index in [0.717, 1.165) is 32.9 Å². The van der Waals surface area contributed by atoms with Crippen molar-refractivity contribution in [3.8, 4) is 33.4 Å². The van der Waals surface area contributed by atoms with Gasteiger partial charge in [0.2, 0.25) is 0 Å². The van der Waals surface area contributed by atoms with Crippen LogP contribution in [-0.2, 0) is 0 Å². The van der Waals surface area contributed by atoms with Gasteiger partial charge in [-0.05, 0) is 90.3 Å². The van der Waals surface area contributed by atoms with Gasteiger partial charge < -0.3 is 4.42 Å². The van der Waals surface area contributed by atoms with E-state index in [9.17, 15) is 0 Å². The summed E-state index contributed by atoms with van der Waals surface area (Å²) in [6, 6.07) is 54.7. The van der Waals surface area contributed by atoms with E-state index in [4.69, 9.17) is 4.42 Å². The van der Waals surface area contributed by atoms with Crippen molar-refractivity contribution >= 4 is 65.0 Å². The predicted molar refractivity (Wildman–Crippen MR) is 198 cm³/mol. The molecule has 10 aromatic rings. The van der Waals surface area contributed by atoms with E-state index in [1.165, 1.54) is 65.5 Å². The van der Waals surface area contributed by atoms with Gasteiger partial charge in [-0.3, -0.25) is 4.98 Å². The third-order valence-corrected chi connectivity index (χ3v) is 9.70. The van der Waals surface area contributed by atoms with Crippen LogP contribution in [0.3, 0.4) is 0 Å². The summed E-state index contributed by atoms with van der Waals surface area (Å²) in [5.41, 5.74) is 8.94. The zero-order valence-corrected chi connectivity index (χ0v) is 25.4. The second-order valence-corrected chi connectivity index (χ2v) is 12.3. The Morgan fingerprint density at radius 2 is 1.06 bits per heavy atom. The van der Waals surface area contributed by atoms with Crippen LogP contribution in [0.4, 0.5) is 0 Å². The van der Waals surface area contributed by atoms with Crippen molar-refractivity contribution in [2.45, 2.75) is 0 Å². The average Bonchev–Trinajstić information content (AvgIpc) is 3.51. The molecule has 0 saturated heterocycles. The largest absolute Gasteiger partial charge is 0.455 e. The van der Waals surface area contributed by atoms with Crippen LogP contribution in [-0.4, -0.2) is 4.98 Å². The molecule has 2 heteroatoms. The number of hydrogen-bond acceptors (Lipinski definition) is 2. The first-order chi connectivity index (χ1) is 23.3. The van der Waals surface area contributed by atoms with E-state index < -0.39 is 0 Å². The van der Waals surface area contributed by atoms with Crippen LogP contribution in [0.2, 0.25) is 0 Å². The topological polar surface area (TPSA) is 26.0 Å². The van der Waals surface area contributed by atoms with Crippen molar-refractivity contribution < 1.29 is 4.42 Å². The van der Waals surface area contributed by atoms with Gasteiger partial charge in [-0.2, -0.15) is 0 Å². The number of para-hydroxylation sites is 1. The summed E-state index contributed by atoms with van der Waals surface area (Å²) in [4.78, 5) is 4.44. The maximum Gasteiger partial charge on any atom is 0.143 e. The smallest absolute Gasteiger partial charge is 0.143 e. The fourth-order valence-electron chi connectivity index (χ4n) is 7.58. The van der Waals surface area contributed by atoms with E-state index >= 15 is 0 Å². The highest BCUT2D eigenvalue weighted by Crippen LogP contribution is 2.49. The molecule has 2 aromatic heterocycles. The van der Waals surface area contributed by atoms with Gasteiger partial charge in [-0.1, -0.05) is 121 Å². The van der Waals surface area contributed by atoms with Gasteiger partial charge in [-0.25, -0.2) is 0 Å². The standard InChI is InChI=1S/C45H27NO/c1-2-10-28(11-3-1)30-20-21-38-39(25-30)43(37-16-7-6-15-36(37)42(38)32-19-18-29-22-23-46-27-33(29)24-32)44-34-13-5-4-12-31(34)26-40-35-14-8-9-17-41(35)47-45(40)44/h1-27H. The van der Waals surface area contributed by atoms with Crippen LogP contribution < -0.4 is 0 Å². The molecule has 0 fully saturated rings. The van der Waals surface area contributed by atoms with E-state index in [-0.39, 0.29) is 0 Å². The fraction of sp³-hybridized carbons (Fsp3) is 0. The van der Waals surface area contributed by atoms with Crippen molar-refractivity contribution in [1.29, 1.82) is 0 Å². The highest BCUT2D eigenvalue weighted by molar-refractivity contribution is 6.28. The molecule has 0 radical (unpaired) electrons. The molecule has 0 saturated carbocycles. The van der Waals surface area contributed by atoms with E-state index in [0.29, 0.717) is 0 Å². The Kier molecular flexibility index (Phi) is 5.61. The van der Waals surface area contributed by atoms with Gasteiger partial charge >= 0.3 is 0 Å². The van der Waals surface area contributed by atoms with Gasteiger partial charge in [0.1, 0.15) is 11.2 Å². The monoisotopic (exact) mass is 597 g/mol. The van der Waals surface area contributed by atoms with Gasteiger partial charge in [-0.15, -0.1) is 0 Å². The zero-order chi connectivity index (χ0) is 30.9. The summed E-state index contributed by atoms with van der Waals surface area (Å²) in [7, 11) is 0. The lowest BCUT2D eigenvalue weighted by molar-refractivity contribution is 0.670. The molecule has 0 amide bonds. The summed E-state index contributed by atoms with van der Waals surface area (Å²) >= 11 is 0. The summed E-state index contributed by atoms with van der Waals surface area (Å²) in [6.45, 7) is 0. The Morgan fingerprint density at radius 3 is 1.94 bits per heavy atom. The Labute approximate surface area is 271 Å². The highest BCUT2D eigenvalue weighted by atomic mass is 16.3. The van der Waals surface area contributed by atoms with Crippen LogP contribution in [0.15, 0.2) is 168 Å². The fourth-order valence-corrected chi connectivity index (χ4v) is 7.58. The summed E-state index contributed by atoms with van der Waals surface area (Å²) in [5, 5.41) is 11.8. The summed E-state index contributed by atoms with van der Waals surface area (Å²) < 4.78 is 6.81. The molecule has 0 N–H and O–H groups in total. The molecule has 10 rings (SSSR count). The van der Waals surface area contributed by atoms with Crippen molar-refractivity contribution in [3.63, 3.8) is 0 Å². The quantitative estimate of drug-likeness (QED) is 0.189. The molecule has 8 aromatic carbocycles. The molecule has 2 nitrogen and oxygen atoms in total. The number of furan rings is 1. The van der Waals surface area contributed by atoms with Gasteiger partial charge in [0.05, 0.1) is 0 Å². The summed E-state index contributed by atoms with van der Waals surface area (Å²) in [6.07, 6.45) is 3.81. The lowest BCUT2D eigenvalue weighted by Gasteiger charge is -2.20. The number of aromatic nitrogens is 1. The molecule has 0 aliphatic rings. The second kappa shape index (κ2) is 10.1. The Morgan fingerprint density at radius 1 is 0.362 bits per heavy atom. The molecular weight excluding hydrogens is 571 g/mol. The predicted octanol–water partition coefficient (Wildman–Crippen LogP) is 12.6. The minimum absolute atomic E-state index is 0.902. The van der Waals surface area contributed by atoms with Crippen molar-refractivity contribution in [2.75, 3.05) is 0 Å². The highest BCUT2D eigenvalue weighted by Gasteiger charge is 2.23. The maximum atomic E-state index is 6.81. The van der Waals surface area contributed by atoms with Gasteiger partial charge in [0, 0.05) is 39.7 Å². The molecule has 0 atom stereocenters. The molecule has 0 aliphatic heterocycles. The second-order valence-electron chi connectivity index (χ2n) is 12.3. The first-order valence-electron chi connectivity index (χ1n) is 16.0. The van der Waals surface area contributed by atoms with Gasteiger partial charge in [0.25, 0.3) is 0 Å². The third-order valence-electron chi connectivity index (χ3n) is 9.70. The maximum absolute atomic E-state index is 6.81. The minimum Gasteiger partial charge on any atom is -0.455 e. The van der Waals surface area contributed by atoms with Crippen LogP contribution in [0.25, 0.3) is 98.4 Å². The molecule has 0 spiro atoms. The Bertz CT molecular complexity index is 2840. The number of benzene rings is 8. The molecule has 218 valence electrons. The molecule has 0 unspecified atom stereocenters. The molecular formula is C45H27NO. The molecule has 2 heterocycles. The SMILES string of the molecule is c1ccc(-c2ccc3c(-c4ccc5ccncc5c4)c4ccccc4c(-c4c5ccccc5cc5c4oc4ccccc45)c3c2)cc1. The normalized spacial score (nSPS) is 11.8. The van der Waals surface area contributed by atoms with E-state index in [1.54, 1.807) is 0 Å². The lowest BCUT2D eigenvalue weighted by Crippen LogP contribution is -1.93. The van der Waals surface area contributed by atoms with Crippen molar-refractivity contribution in [2.24, 2.45) is 0 Å². The van der Waals surface area contributed by atoms with Crippen LogP contribution in [0.5, 0.6) is 0 Å². The van der Waals surface area contributed by atoms with Crippen LogP contribution in [0, 0.1) is 0 Å². The van der Waals surface area contributed by atoms with E-state index in [1.807, 2.05) is 12.4 Å². The van der Waals surface area contributed by atoms with Crippen molar-refractivity contribution in [3.05, 3.63) is 164 Å². The molecule has 0 aliphatic carbocycles. The number of fused-ring (bicyclic) bond motifs is 7. The van der Waals surface area contributed by atoms with Crippen molar-refractivity contribution in [1.82, 2.24) is 4.98 Å².